The highest BCUT2D eigenvalue weighted by Gasteiger charge is 2.40. The van der Waals surface area contributed by atoms with Gasteiger partial charge in [-0.15, -0.1) is 0 Å². The smallest absolute Gasteiger partial charge is 0.410 e. The van der Waals surface area contributed by atoms with E-state index in [1.54, 1.807) is 17.0 Å². The Labute approximate surface area is 171 Å². The summed E-state index contributed by atoms with van der Waals surface area (Å²) in [5, 5.41) is 0.862. The topological polar surface area (TPSA) is 63.7 Å². The number of benzene rings is 1. The molecule has 1 saturated heterocycles. The Morgan fingerprint density at radius 1 is 1.26 bits per heavy atom. The second-order valence-corrected chi connectivity index (χ2v) is 11.4. The zero-order valence-electron chi connectivity index (χ0n) is 16.2. The molecule has 0 bridgehead atoms. The molecule has 0 N–H and O–H groups in total. The minimum atomic E-state index is -3.15. The normalized spacial score (nSPS) is 21.2. The van der Waals surface area contributed by atoms with Crippen molar-refractivity contribution < 1.29 is 17.9 Å². The van der Waals surface area contributed by atoms with Crippen LogP contribution in [0.2, 0.25) is 10.0 Å². The van der Waals surface area contributed by atoms with Crippen molar-refractivity contribution in [3.63, 3.8) is 0 Å². The summed E-state index contributed by atoms with van der Waals surface area (Å²) in [6.07, 6.45) is 2.77. The molecule has 1 fully saturated rings. The van der Waals surface area contributed by atoms with Gasteiger partial charge in [0.05, 0.1) is 15.8 Å². The van der Waals surface area contributed by atoms with E-state index < -0.39 is 20.9 Å². The van der Waals surface area contributed by atoms with Crippen LogP contribution in [0.15, 0.2) is 18.2 Å². The molecule has 0 unspecified atom stereocenters. The van der Waals surface area contributed by atoms with Gasteiger partial charge in [0.25, 0.3) is 0 Å². The molecule has 0 aliphatic carbocycles. The summed E-state index contributed by atoms with van der Waals surface area (Å²) in [5.74, 6) is 0.0371. The molecule has 1 aromatic rings. The zero-order valence-corrected chi connectivity index (χ0v) is 18.5. The summed E-state index contributed by atoms with van der Waals surface area (Å²) >= 11 is 12.3. The molecule has 152 valence electrons. The Hall–Kier alpha value is -0.980. The molecule has 1 heterocycles. The van der Waals surface area contributed by atoms with Gasteiger partial charge in [0.15, 0.2) is 0 Å². The standard InChI is InChI=1S/C19H27Cl2NO4S/c1-18(2,3)26-17(23)22-10-5-8-19(13-22,9-11-27(4,24)25)14-6-7-15(20)16(21)12-14/h6-7,12H,5,8-11,13H2,1-4H3/t19-/m1/s1. The molecule has 0 radical (unpaired) electrons. The summed E-state index contributed by atoms with van der Waals surface area (Å²) in [4.78, 5) is 14.3. The van der Waals surface area contributed by atoms with Crippen LogP contribution in [0.5, 0.6) is 0 Å². The zero-order chi connectivity index (χ0) is 20.5. The minimum absolute atomic E-state index is 0.0371. The van der Waals surface area contributed by atoms with Crippen molar-refractivity contribution in [1.82, 2.24) is 4.90 Å². The van der Waals surface area contributed by atoms with Crippen molar-refractivity contribution in [2.45, 2.75) is 51.0 Å². The lowest BCUT2D eigenvalue weighted by Gasteiger charge is -2.43. The molecule has 0 saturated carbocycles. The third-order valence-electron chi connectivity index (χ3n) is 4.71. The van der Waals surface area contributed by atoms with Crippen LogP contribution in [-0.4, -0.2) is 50.1 Å². The number of hydrogen-bond donors (Lipinski definition) is 0. The Morgan fingerprint density at radius 2 is 1.93 bits per heavy atom. The molecule has 0 spiro atoms. The van der Waals surface area contributed by atoms with Crippen LogP contribution >= 0.6 is 23.2 Å². The van der Waals surface area contributed by atoms with E-state index in [0.717, 1.165) is 18.4 Å². The lowest BCUT2D eigenvalue weighted by atomic mass is 9.72. The number of amides is 1. The molecule has 1 aliphatic rings. The summed E-state index contributed by atoms with van der Waals surface area (Å²) < 4.78 is 29.2. The third-order valence-corrected chi connectivity index (χ3v) is 6.40. The molecular formula is C19H27Cl2NO4S. The van der Waals surface area contributed by atoms with Crippen LogP contribution < -0.4 is 0 Å². The van der Waals surface area contributed by atoms with Crippen molar-refractivity contribution in [3.8, 4) is 0 Å². The number of piperidine rings is 1. The lowest BCUT2D eigenvalue weighted by molar-refractivity contribution is 0.0131. The van der Waals surface area contributed by atoms with Crippen LogP contribution in [0.3, 0.4) is 0 Å². The number of sulfone groups is 1. The van der Waals surface area contributed by atoms with E-state index in [0.29, 0.717) is 29.6 Å². The lowest BCUT2D eigenvalue weighted by Crippen LogP contribution is -2.50. The summed E-state index contributed by atoms with van der Waals surface area (Å²) in [6.45, 7) is 6.44. The molecule has 1 aromatic carbocycles. The van der Waals surface area contributed by atoms with Crippen molar-refractivity contribution in [2.75, 3.05) is 25.1 Å². The van der Waals surface area contributed by atoms with E-state index in [2.05, 4.69) is 0 Å². The molecule has 5 nitrogen and oxygen atoms in total. The third kappa shape index (κ3) is 6.26. The highest BCUT2D eigenvalue weighted by Crippen LogP contribution is 2.40. The van der Waals surface area contributed by atoms with E-state index in [4.69, 9.17) is 27.9 Å². The average Bonchev–Trinajstić information content (AvgIpc) is 2.53. The number of carbonyl (C=O) groups excluding carboxylic acids is 1. The van der Waals surface area contributed by atoms with Crippen LogP contribution in [0.4, 0.5) is 4.79 Å². The maximum atomic E-state index is 12.6. The summed E-state index contributed by atoms with van der Waals surface area (Å²) in [6, 6.07) is 5.37. The van der Waals surface area contributed by atoms with Gasteiger partial charge in [-0.05, 0) is 57.7 Å². The first-order valence-corrected chi connectivity index (χ1v) is 11.7. The van der Waals surface area contributed by atoms with Gasteiger partial charge in [-0.2, -0.15) is 0 Å². The van der Waals surface area contributed by atoms with Gasteiger partial charge in [-0.3, -0.25) is 0 Å². The highest BCUT2D eigenvalue weighted by atomic mass is 35.5. The number of nitrogens with zero attached hydrogens (tertiary/aromatic N) is 1. The van der Waals surface area contributed by atoms with E-state index >= 15 is 0 Å². The van der Waals surface area contributed by atoms with E-state index in [1.807, 2.05) is 26.8 Å². The Morgan fingerprint density at radius 3 is 2.48 bits per heavy atom. The minimum Gasteiger partial charge on any atom is -0.444 e. The van der Waals surface area contributed by atoms with Crippen LogP contribution in [0, 0.1) is 0 Å². The monoisotopic (exact) mass is 435 g/mol. The van der Waals surface area contributed by atoms with Gasteiger partial charge < -0.3 is 9.64 Å². The second kappa shape index (κ2) is 8.18. The molecule has 0 aromatic heterocycles. The van der Waals surface area contributed by atoms with Crippen LogP contribution in [0.1, 0.15) is 45.6 Å². The van der Waals surface area contributed by atoms with Gasteiger partial charge >= 0.3 is 6.09 Å². The molecule has 2 rings (SSSR count). The average molecular weight is 436 g/mol. The van der Waals surface area contributed by atoms with Gasteiger partial charge in [0.1, 0.15) is 15.4 Å². The van der Waals surface area contributed by atoms with Crippen molar-refractivity contribution >= 4 is 39.1 Å². The van der Waals surface area contributed by atoms with Crippen LogP contribution in [0.25, 0.3) is 0 Å². The summed E-state index contributed by atoms with van der Waals surface area (Å²) in [7, 11) is -3.15. The Bertz CT molecular complexity index is 804. The molecule has 27 heavy (non-hydrogen) atoms. The predicted octanol–water partition coefficient (Wildman–Crippen LogP) is 4.70. The molecule has 1 aliphatic heterocycles. The fourth-order valence-corrected chi connectivity index (χ4v) is 4.46. The van der Waals surface area contributed by atoms with Gasteiger partial charge in [0, 0.05) is 24.8 Å². The summed E-state index contributed by atoms with van der Waals surface area (Å²) in [5.41, 5.74) is -0.200. The molecule has 1 atom stereocenters. The first-order valence-electron chi connectivity index (χ1n) is 8.93. The SMILES string of the molecule is CC(C)(C)OC(=O)N1CCC[C@](CCS(C)(=O)=O)(c2ccc(Cl)c(Cl)c2)C1. The highest BCUT2D eigenvalue weighted by molar-refractivity contribution is 7.90. The Balaban J connectivity index is 2.36. The van der Waals surface area contributed by atoms with Gasteiger partial charge in [-0.25, -0.2) is 13.2 Å². The number of ether oxygens (including phenoxy) is 1. The number of hydrogen-bond acceptors (Lipinski definition) is 4. The van der Waals surface area contributed by atoms with E-state index in [9.17, 15) is 13.2 Å². The predicted molar refractivity (Wildman–Crippen MR) is 110 cm³/mol. The number of halogens is 2. The number of likely N-dealkylation sites (tertiary alicyclic amines) is 1. The first-order chi connectivity index (χ1) is 12.3. The van der Waals surface area contributed by atoms with Crippen LogP contribution in [-0.2, 0) is 20.0 Å². The first kappa shape index (κ1) is 22.3. The molecule has 1 amide bonds. The maximum absolute atomic E-state index is 12.6. The number of rotatable bonds is 4. The van der Waals surface area contributed by atoms with Crippen molar-refractivity contribution in [3.05, 3.63) is 33.8 Å². The quantitative estimate of drug-likeness (QED) is 0.687. The van der Waals surface area contributed by atoms with E-state index in [1.165, 1.54) is 6.26 Å². The fourth-order valence-electron chi connectivity index (χ4n) is 3.40. The molecular weight excluding hydrogens is 409 g/mol. The van der Waals surface area contributed by atoms with Gasteiger partial charge in [0.2, 0.25) is 0 Å². The fraction of sp³-hybridized carbons (Fsp3) is 0.632. The van der Waals surface area contributed by atoms with Crippen molar-refractivity contribution in [1.29, 1.82) is 0 Å². The van der Waals surface area contributed by atoms with Gasteiger partial charge in [-0.1, -0.05) is 29.3 Å². The largest absolute Gasteiger partial charge is 0.444 e. The van der Waals surface area contributed by atoms with E-state index in [-0.39, 0.29) is 11.8 Å². The molecule has 8 heteroatoms. The Kier molecular flexibility index (Phi) is 6.76. The second-order valence-electron chi connectivity index (χ2n) is 8.29. The number of carbonyl (C=O) groups is 1. The maximum Gasteiger partial charge on any atom is 0.410 e. The van der Waals surface area contributed by atoms with Crippen molar-refractivity contribution in [2.24, 2.45) is 0 Å².